The molecular formula is C15H20N4. The number of aromatic nitrogens is 2. The summed E-state index contributed by atoms with van der Waals surface area (Å²) in [6, 6.07) is 14.0. The molecule has 0 unspecified atom stereocenters. The molecule has 4 nitrogen and oxygen atoms in total. The third kappa shape index (κ3) is 3.76. The lowest BCUT2D eigenvalue weighted by Crippen LogP contribution is -2.42. The van der Waals surface area contributed by atoms with Crippen LogP contribution in [-0.4, -0.2) is 29.3 Å². The van der Waals surface area contributed by atoms with Gasteiger partial charge in [-0.3, -0.25) is 0 Å². The van der Waals surface area contributed by atoms with Crippen LogP contribution in [0.5, 0.6) is 0 Å². The summed E-state index contributed by atoms with van der Waals surface area (Å²) < 4.78 is 0. The molecule has 2 aromatic rings. The first kappa shape index (κ1) is 13.5. The Morgan fingerprint density at radius 3 is 2.32 bits per heavy atom. The Hall–Kier alpha value is -1.94. The number of hydrogen-bond acceptors (Lipinski definition) is 4. The smallest absolute Gasteiger partial charge is 0.148 e. The molecule has 0 bridgehead atoms. The summed E-state index contributed by atoms with van der Waals surface area (Å²) in [6.45, 7) is 5.06. The second-order valence-corrected chi connectivity index (χ2v) is 5.16. The van der Waals surface area contributed by atoms with Crippen LogP contribution in [0.4, 0.5) is 5.82 Å². The molecule has 1 heterocycles. The summed E-state index contributed by atoms with van der Waals surface area (Å²) in [4.78, 5) is 0. The lowest BCUT2D eigenvalue weighted by molar-refractivity contribution is 0.447. The summed E-state index contributed by atoms with van der Waals surface area (Å²) in [6.07, 6.45) is 0. The molecule has 0 fully saturated rings. The van der Waals surface area contributed by atoms with Gasteiger partial charge in [-0.1, -0.05) is 30.3 Å². The van der Waals surface area contributed by atoms with Crippen molar-refractivity contribution in [2.24, 2.45) is 0 Å². The molecule has 2 N–H and O–H groups in total. The van der Waals surface area contributed by atoms with Crippen molar-refractivity contribution in [3.8, 4) is 11.3 Å². The molecule has 0 aliphatic carbocycles. The summed E-state index contributed by atoms with van der Waals surface area (Å²) in [7, 11) is 1.95. The normalized spacial score (nSPS) is 11.3. The van der Waals surface area contributed by atoms with Gasteiger partial charge in [-0.2, -0.15) is 0 Å². The number of likely N-dealkylation sites (N-methyl/N-ethyl adjacent to an activating group) is 1. The van der Waals surface area contributed by atoms with Crippen molar-refractivity contribution in [2.75, 3.05) is 18.9 Å². The second kappa shape index (κ2) is 5.80. The SMILES string of the molecule is CNC(C)(C)CNc1ccc(-c2ccccc2)nn1. The maximum absolute atomic E-state index is 4.24. The van der Waals surface area contributed by atoms with Gasteiger partial charge in [0.05, 0.1) is 5.69 Å². The molecular weight excluding hydrogens is 236 g/mol. The van der Waals surface area contributed by atoms with Crippen LogP contribution in [0, 0.1) is 0 Å². The third-order valence-corrected chi connectivity index (χ3v) is 3.12. The van der Waals surface area contributed by atoms with Crippen molar-refractivity contribution in [1.82, 2.24) is 15.5 Å². The molecule has 0 aliphatic rings. The van der Waals surface area contributed by atoms with Crippen molar-refractivity contribution < 1.29 is 0 Å². The molecule has 0 saturated carbocycles. The topological polar surface area (TPSA) is 49.8 Å². The highest BCUT2D eigenvalue weighted by Crippen LogP contribution is 2.16. The van der Waals surface area contributed by atoms with Gasteiger partial charge in [-0.25, -0.2) is 0 Å². The highest BCUT2D eigenvalue weighted by atomic mass is 15.2. The Labute approximate surface area is 114 Å². The highest BCUT2D eigenvalue weighted by molar-refractivity contribution is 5.59. The highest BCUT2D eigenvalue weighted by Gasteiger charge is 2.14. The summed E-state index contributed by atoms with van der Waals surface area (Å²) in [5.41, 5.74) is 2.00. The van der Waals surface area contributed by atoms with Crippen molar-refractivity contribution in [1.29, 1.82) is 0 Å². The molecule has 4 heteroatoms. The van der Waals surface area contributed by atoms with Gasteiger partial charge in [0.15, 0.2) is 0 Å². The molecule has 0 aliphatic heterocycles. The fourth-order valence-corrected chi connectivity index (χ4v) is 1.59. The molecule has 0 amide bonds. The van der Waals surface area contributed by atoms with Gasteiger partial charge in [0.25, 0.3) is 0 Å². The zero-order valence-corrected chi connectivity index (χ0v) is 11.6. The largest absolute Gasteiger partial charge is 0.367 e. The summed E-state index contributed by atoms with van der Waals surface area (Å²) >= 11 is 0. The Morgan fingerprint density at radius 2 is 1.74 bits per heavy atom. The molecule has 0 spiro atoms. The summed E-state index contributed by atoms with van der Waals surface area (Å²) in [5, 5.41) is 15.0. The predicted octanol–water partition coefficient (Wildman–Crippen LogP) is 2.55. The van der Waals surface area contributed by atoms with E-state index >= 15 is 0 Å². The van der Waals surface area contributed by atoms with E-state index in [4.69, 9.17) is 0 Å². The van der Waals surface area contributed by atoms with E-state index < -0.39 is 0 Å². The van der Waals surface area contributed by atoms with Gasteiger partial charge in [-0.05, 0) is 33.0 Å². The van der Waals surface area contributed by atoms with Crippen molar-refractivity contribution >= 4 is 5.82 Å². The average Bonchev–Trinajstić information content (AvgIpc) is 2.47. The van der Waals surface area contributed by atoms with Crippen LogP contribution in [0.2, 0.25) is 0 Å². The Balaban J connectivity index is 2.03. The van der Waals surface area contributed by atoms with E-state index in [0.29, 0.717) is 0 Å². The van der Waals surface area contributed by atoms with Gasteiger partial charge >= 0.3 is 0 Å². The van der Waals surface area contributed by atoms with Gasteiger partial charge < -0.3 is 10.6 Å². The van der Waals surface area contributed by atoms with Crippen molar-refractivity contribution in [3.05, 3.63) is 42.5 Å². The molecule has 19 heavy (non-hydrogen) atoms. The van der Waals surface area contributed by atoms with E-state index in [0.717, 1.165) is 23.6 Å². The first-order valence-corrected chi connectivity index (χ1v) is 6.43. The van der Waals surface area contributed by atoms with E-state index in [2.05, 4.69) is 34.7 Å². The molecule has 0 saturated heterocycles. The minimum atomic E-state index is 0.0276. The van der Waals surface area contributed by atoms with E-state index in [-0.39, 0.29) is 5.54 Å². The predicted molar refractivity (Wildman–Crippen MR) is 79.1 cm³/mol. The quantitative estimate of drug-likeness (QED) is 0.863. The number of benzene rings is 1. The third-order valence-electron chi connectivity index (χ3n) is 3.12. The fraction of sp³-hybridized carbons (Fsp3) is 0.333. The first-order chi connectivity index (χ1) is 9.11. The minimum absolute atomic E-state index is 0.0276. The number of nitrogens with one attached hydrogen (secondary N) is 2. The molecule has 0 atom stereocenters. The van der Waals surface area contributed by atoms with Crippen LogP contribution < -0.4 is 10.6 Å². The van der Waals surface area contributed by atoms with Gasteiger partial charge in [0.2, 0.25) is 0 Å². The minimum Gasteiger partial charge on any atom is -0.367 e. The van der Waals surface area contributed by atoms with Crippen LogP contribution in [0.25, 0.3) is 11.3 Å². The Kier molecular flexibility index (Phi) is 4.12. The first-order valence-electron chi connectivity index (χ1n) is 6.43. The number of nitrogens with zero attached hydrogens (tertiary/aromatic N) is 2. The van der Waals surface area contributed by atoms with Gasteiger partial charge in [0, 0.05) is 17.6 Å². The van der Waals surface area contributed by atoms with Crippen molar-refractivity contribution in [3.63, 3.8) is 0 Å². The van der Waals surface area contributed by atoms with E-state index in [1.807, 2.05) is 49.5 Å². The lowest BCUT2D eigenvalue weighted by Gasteiger charge is -2.24. The maximum atomic E-state index is 4.24. The fourth-order valence-electron chi connectivity index (χ4n) is 1.59. The number of anilines is 1. The maximum Gasteiger partial charge on any atom is 0.148 e. The van der Waals surface area contributed by atoms with E-state index in [9.17, 15) is 0 Å². The lowest BCUT2D eigenvalue weighted by atomic mass is 10.1. The van der Waals surface area contributed by atoms with Gasteiger partial charge in [-0.15, -0.1) is 10.2 Å². The van der Waals surface area contributed by atoms with Crippen LogP contribution >= 0.6 is 0 Å². The summed E-state index contributed by atoms with van der Waals surface area (Å²) in [5.74, 6) is 0.794. The second-order valence-electron chi connectivity index (χ2n) is 5.16. The van der Waals surface area contributed by atoms with Crippen LogP contribution in [0.1, 0.15) is 13.8 Å². The van der Waals surface area contributed by atoms with Crippen LogP contribution in [0.15, 0.2) is 42.5 Å². The average molecular weight is 256 g/mol. The van der Waals surface area contributed by atoms with E-state index in [1.54, 1.807) is 0 Å². The van der Waals surface area contributed by atoms with Crippen LogP contribution in [-0.2, 0) is 0 Å². The number of rotatable bonds is 5. The molecule has 1 aromatic carbocycles. The van der Waals surface area contributed by atoms with Crippen LogP contribution in [0.3, 0.4) is 0 Å². The Morgan fingerprint density at radius 1 is 1.00 bits per heavy atom. The van der Waals surface area contributed by atoms with Gasteiger partial charge in [0.1, 0.15) is 5.82 Å². The molecule has 2 rings (SSSR count). The monoisotopic (exact) mass is 256 g/mol. The molecule has 1 aromatic heterocycles. The molecule has 100 valence electrons. The number of hydrogen-bond donors (Lipinski definition) is 2. The zero-order valence-electron chi connectivity index (χ0n) is 11.6. The standard InChI is InChI=1S/C15H20N4/c1-15(2,16-3)11-17-14-10-9-13(18-19-14)12-7-5-4-6-8-12/h4-10,16H,11H2,1-3H3,(H,17,19). The zero-order chi connectivity index (χ0) is 13.7. The molecule has 0 radical (unpaired) electrons. The Bertz CT molecular complexity index is 505. The van der Waals surface area contributed by atoms with E-state index in [1.165, 1.54) is 0 Å². The van der Waals surface area contributed by atoms with Crippen molar-refractivity contribution in [2.45, 2.75) is 19.4 Å².